The van der Waals surface area contributed by atoms with Crippen molar-refractivity contribution in [3.8, 4) is 11.5 Å². The fourth-order valence-corrected chi connectivity index (χ4v) is 3.96. The highest BCUT2D eigenvalue weighted by atomic mass is 35.5. The van der Waals surface area contributed by atoms with Gasteiger partial charge in [0.1, 0.15) is 11.5 Å². The second-order valence-corrected chi connectivity index (χ2v) is 7.41. The first kappa shape index (κ1) is 17.8. The van der Waals surface area contributed by atoms with Crippen molar-refractivity contribution in [1.29, 1.82) is 0 Å². The van der Waals surface area contributed by atoms with Crippen LogP contribution >= 0.6 is 23.2 Å². The molecule has 0 heterocycles. The topological polar surface area (TPSA) is 115 Å². The monoisotopic (exact) mass is 378 g/mol. The van der Waals surface area contributed by atoms with E-state index in [1.165, 1.54) is 0 Å². The van der Waals surface area contributed by atoms with Gasteiger partial charge in [-0.2, -0.15) is 0 Å². The molecule has 0 spiro atoms. The Morgan fingerprint density at radius 1 is 0.783 bits per heavy atom. The second-order valence-electron chi connectivity index (χ2n) is 4.65. The van der Waals surface area contributed by atoms with Crippen LogP contribution in [-0.2, 0) is 23.1 Å². The maximum atomic E-state index is 12.7. The fraction of sp³-hybridized carbons (Fsp3) is 0.143. The highest BCUT2D eigenvalue weighted by Gasteiger charge is 2.23. The molecule has 0 bridgehead atoms. The van der Waals surface area contributed by atoms with E-state index >= 15 is 0 Å². The Morgan fingerprint density at radius 2 is 1.13 bits per heavy atom. The van der Waals surface area contributed by atoms with E-state index in [0.717, 1.165) is 24.3 Å². The molecule has 23 heavy (non-hydrogen) atoms. The Bertz CT molecular complexity index is 799. The second kappa shape index (κ2) is 6.54. The smallest absolute Gasteiger partial charge is 0.206 e. The number of hydrogen-bond acceptors (Lipinski definition) is 6. The Hall–Kier alpha value is -1.51. The Kier molecular flexibility index (Phi) is 5.07. The zero-order valence-corrected chi connectivity index (χ0v) is 13.8. The van der Waals surface area contributed by atoms with Gasteiger partial charge in [0.15, 0.2) is 0 Å². The van der Waals surface area contributed by atoms with Crippen LogP contribution in [0, 0.1) is 0 Å². The van der Waals surface area contributed by atoms with Crippen LogP contribution in [0.4, 0.5) is 0 Å². The first-order chi connectivity index (χ1) is 10.7. The van der Waals surface area contributed by atoms with Gasteiger partial charge in [0.25, 0.3) is 0 Å². The fourth-order valence-electron chi connectivity index (χ4n) is 1.94. The number of benzene rings is 2. The maximum absolute atomic E-state index is 12.7. The van der Waals surface area contributed by atoms with Gasteiger partial charge in [-0.3, -0.25) is 0 Å². The molecule has 2 aromatic carbocycles. The number of sulfone groups is 1. The summed E-state index contributed by atoms with van der Waals surface area (Å²) in [5.41, 5.74) is -0.105. The molecule has 0 saturated heterocycles. The van der Waals surface area contributed by atoms with E-state index in [-0.39, 0.29) is 31.0 Å². The first-order valence-electron chi connectivity index (χ1n) is 6.22. The molecule has 0 unspecified atom stereocenters. The highest BCUT2D eigenvalue weighted by molar-refractivity contribution is 7.91. The molecule has 4 N–H and O–H groups in total. The quantitative estimate of drug-likeness (QED) is 0.648. The standard InChI is InChI=1S/C14H12Cl2O6S/c15-11-3-9(1-7(5-17)13(11)19)23(21,22)10-2-8(6-18)14(20)12(16)4-10/h1-4,17-20H,5-6H2. The van der Waals surface area contributed by atoms with Gasteiger partial charge in [0, 0.05) is 11.1 Å². The van der Waals surface area contributed by atoms with Crippen LogP contribution in [0.5, 0.6) is 11.5 Å². The summed E-state index contributed by atoms with van der Waals surface area (Å²) >= 11 is 11.5. The van der Waals surface area contributed by atoms with Crippen LogP contribution in [0.1, 0.15) is 11.1 Å². The average Bonchev–Trinajstić information content (AvgIpc) is 2.52. The maximum Gasteiger partial charge on any atom is 0.206 e. The van der Waals surface area contributed by atoms with Gasteiger partial charge < -0.3 is 20.4 Å². The van der Waals surface area contributed by atoms with Gasteiger partial charge in [-0.05, 0) is 24.3 Å². The first-order valence-corrected chi connectivity index (χ1v) is 8.45. The predicted octanol–water partition coefficient (Wildman–Crippen LogP) is 2.22. The molecule has 0 aliphatic heterocycles. The summed E-state index contributed by atoms with van der Waals surface area (Å²) in [6, 6.07) is 4.22. The molecule has 9 heteroatoms. The normalized spacial score (nSPS) is 11.7. The van der Waals surface area contributed by atoms with E-state index in [0.29, 0.717) is 0 Å². The van der Waals surface area contributed by atoms with Crippen molar-refractivity contribution in [2.75, 3.05) is 0 Å². The lowest BCUT2D eigenvalue weighted by Crippen LogP contribution is -2.04. The third-order valence-corrected chi connectivity index (χ3v) is 5.48. The molecule has 2 aromatic rings. The largest absolute Gasteiger partial charge is 0.506 e. The summed E-state index contributed by atoms with van der Waals surface area (Å²) in [6.45, 7) is -1.21. The number of rotatable bonds is 4. The summed E-state index contributed by atoms with van der Waals surface area (Å²) < 4.78 is 25.3. The number of aromatic hydroxyl groups is 2. The SMILES string of the molecule is O=S(=O)(c1cc(Cl)c(O)c(CO)c1)c1cc(Cl)c(O)c(CO)c1. The molecule has 0 aromatic heterocycles. The minimum absolute atomic E-state index is 0.0525. The number of halogens is 2. The van der Waals surface area contributed by atoms with Crippen LogP contribution < -0.4 is 0 Å². The van der Waals surface area contributed by atoms with Crippen molar-refractivity contribution in [2.45, 2.75) is 23.0 Å². The van der Waals surface area contributed by atoms with Crippen LogP contribution in [0.2, 0.25) is 10.0 Å². The van der Waals surface area contributed by atoms with E-state index < -0.39 is 34.6 Å². The summed E-state index contributed by atoms with van der Waals surface area (Å²) in [5, 5.41) is 37.2. The van der Waals surface area contributed by atoms with Crippen molar-refractivity contribution in [3.63, 3.8) is 0 Å². The predicted molar refractivity (Wildman–Crippen MR) is 83.5 cm³/mol. The van der Waals surface area contributed by atoms with Crippen molar-refractivity contribution < 1.29 is 28.8 Å². The third-order valence-electron chi connectivity index (χ3n) is 3.19. The molecule has 6 nitrogen and oxygen atoms in total. The Morgan fingerprint density at radius 3 is 1.43 bits per heavy atom. The molecule has 0 aliphatic carbocycles. The number of aliphatic hydroxyl groups is 2. The minimum Gasteiger partial charge on any atom is -0.506 e. The summed E-state index contributed by atoms with van der Waals surface area (Å²) in [5.74, 6) is -0.819. The molecule has 0 radical (unpaired) electrons. The Balaban J connectivity index is 2.68. The molecule has 0 amide bonds. The van der Waals surface area contributed by atoms with E-state index in [4.69, 9.17) is 33.4 Å². The highest BCUT2D eigenvalue weighted by Crippen LogP contribution is 2.36. The van der Waals surface area contributed by atoms with Crippen molar-refractivity contribution >= 4 is 33.0 Å². The zero-order chi connectivity index (χ0) is 17.4. The molecule has 2 rings (SSSR count). The van der Waals surface area contributed by atoms with Gasteiger partial charge >= 0.3 is 0 Å². The zero-order valence-electron chi connectivity index (χ0n) is 11.5. The summed E-state index contributed by atoms with van der Waals surface area (Å²) in [4.78, 5) is -0.537. The molecule has 0 atom stereocenters. The number of hydrogen-bond donors (Lipinski definition) is 4. The Labute approximate surface area is 142 Å². The number of aliphatic hydroxyl groups excluding tert-OH is 2. The van der Waals surface area contributed by atoms with Crippen LogP contribution in [-0.4, -0.2) is 28.8 Å². The van der Waals surface area contributed by atoms with Crippen LogP contribution in [0.25, 0.3) is 0 Å². The molecule has 0 fully saturated rings. The lowest BCUT2D eigenvalue weighted by Gasteiger charge is -2.11. The van der Waals surface area contributed by atoms with Gasteiger partial charge in [0.05, 0.1) is 33.0 Å². The average molecular weight is 379 g/mol. The molecule has 124 valence electrons. The van der Waals surface area contributed by atoms with E-state index in [1.54, 1.807) is 0 Å². The molecular weight excluding hydrogens is 367 g/mol. The van der Waals surface area contributed by atoms with Gasteiger partial charge in [-0.15, -0.1) is 0 Å². The summed E-state index contributed by atoms with van der Waals surface area (Å²) in [7, 11) is -4.10. The minimum atomic E-state index is -4.10. The van der Waals surface area contributed by atoms with Gasteiger partial charge in [-0.1, -0.05) is 23.2 Å². The van der Waals surface area contributed by atoms with Crippen LogP contribution in [0.3, 0.4) is 0 Å². The van der Waals surface area contributed by atoms with Crippen LogP contribution in [0.15, 0.2) is 34.1 Å². The van der Waals surface area contributed by atoms with E-state index in [1.807, 2.05) is 0 Å². The van der Waals surface area contributed by atoms with Crippen molar-refractivity contribution in [2.24, 2.45) is 0 Å². The van der Waals surface area contributed by atoms with Crippen molar-refractivity contribution in [3.05, 3.63) is 45.4 Å². The number of phenols is 2. The van der Waals surface area contributed by atoms with E-state index in [9.17, 15) is 18.6 Å². The summed E-state index contributed by atoms with van der Waals surface area (Å²) in [6.07, 6.45) is 0. The molecule has 0 aliphatic rings. The lowest BCUT2D eigenvalue weighted by molar-refractivity contribution is 0.275. The van der Waals surface area contributed by atoms with Gasteiger partial charge in [-0.25, -0.2) is 8.42 Å². The molecule has 0 saturated carbocycles. The van der Waals surface area contributed by atoms with Crippen molar-refractivity contribution in [1.82, 2.24) is 0 Å². The lowest BCUT2D eigenvalue weighted by atomic mass is 10.2. The molecular formula is C14H12Cl2O6S. The van der Waals surface area contributed by atoms with Gasteiger partial charge in [0.2, 0.25) is 9.84 Å². The third kappa shape index (κ3) is 3.24. The van der Waals surface area contributed by atoms with E-state index in [2.05, 4.69) is 0 Å².